The number of ether oxygens (including phenoxy) is 1. The average Bonchev–Trinajstić information content (AvgIpc) is 2.75. The fourth-order valence-electron chi connectivity index (χ4n) is 3.64. The third-order valence-corrected chi connectivity index (χ3v) is 5.07. The number of aldehydes is 1. The number of carbonyl (C=O) groups is 2. The van der Waals surface area contributed by atoms with E-state index in [1.54, 1.807) is 6.08 Å². The van der Waals surface area contributed by atoms with Crippen molar-refractivity contribution in [2.75, 3.05) is 19.7 Å². The molecule has 0 heterocycles. The monoisotopic (exact) mass is 396 g/mol. The molecule has 5 heteroatoms. The van der Waals surface area contributed by atoms with Crippen LogP contribution >= 0.6 is 0 Å². The normalized spacial score (nSPS) is 13.5. The third kappa shape index (κ3) is 9.36. The SMILES string of the molecule is C=CCC(C=O)[C@@H](CCCOCc1ccccc1)[C@H](CC=C)CN(C=O)CC#N. The Balaban J connectivity index is 2.74. The largest absolute Gasteiger partial charge is 0.377 e. The molecule has 0 N–H and O–H groups in total. The van der Waals surface area contributed by atoms with Crippen LogP contribution in [0.2, 0.25) is 0 Å². The van der Waals surface area contributed by atoms with Gasteiger partial charge in [-0.05, 0) is 43.1 Å². The molecule has 1 aromatic carbocycles. The first-order chi connectivity index (χ1) is 14.2. The molecule has 1 rings (SSSR count). The summed E-state index contributed by atoms with van der Waals surface area (Å²) in [6.45, 7) is 9.23. The summed E-state index contributed by atoms with van der Waals surface area (Å²) in [5.41, 5.74) is 1.13. The Kier molecular flexibility index (Phi) is 12.8. The smallest absolute Gasteiger partial charge is 0.210 e. The number of allylic oxidation sites excluding steroid dienone is 2. The van der Waals surface area contributed by atoms with E-state index in [-0.39, 0.29) is 24.3 Å². The second kappa shape index (κ2) is 15.2. The molecule has 0 aliphatic carbocycles. The first-order valence-electron chi connectivity index (χ1n) is 10.0. The Morgan fingerprint density at radius 2 is 1.86 bits per heavy atom. The van der Waals surface area contributed by atoms with Gasteiger partial charge in [0.15, 0.2) is 0 Å². The number of hydrogen-bond donors (Lipinski definition) is 0. The molecule has 29 heavy (non-hydrogen) atoms. The van der Waals surface area contributed by atoms with Crippen LogP contribution in [0.3, 0.4) is 0 Å². The van der Waals surface area contributed by atoms with Crippen molar-refractivity contribution in [1.29, 1.82) is 5.26 Å². The minimum atomic E-state index is -0.179. The molecule has 0 radical (unpaired) electrons. The Morgan fingerprint density at radius 1 is 1.14 bits per heavy atom. The maximum atomic E-state index is 11.8. The van der Waals surface area contributed by atoms with Crippen LogP contribution in [-0.2, 0) is 20.9 Å². The predicted molar refractivity (Wildman–Crippen MR) is 115 cm³/mol. The van der Waals surface area contributed by atoms with Gasteiger partial charge in [-0.2, -0.15) is 5.26 Å². The van der Waals surface area contributed by atoms with Crippen LogP contribution in [0, 0.1) is 29.1 Å². The first kappa shape index (κ1) is 24.3. The van der Waals surface area contributed by atoms with E-state index < -0.39 is 0 Å². The maximum Gasteiger partial charge on any atom is 0.210 e. The molecule has 1 amide bonds. The van der Waals surface area contributed by atoms with Crippen LogP contribution in [0.4, 0.5) is 0 Å². The molecule has 0 aromatic heterocycles. The van der Waals surface area contributed by atoms with Gasteiger partial charge >= 0.3 is 0 Å². The lowest BCUT2D eigenvalue weighted by Crippen LogP contribution is -2.35. The highest BCUT2D eigenvalue weighted by molar-refractivity contribution is 5.54. The van der Waals surface area contributed by atoms with Gasteiger partial charge < -0.3 is 14.4 Å². The maximum absolute atomic E-state index is 11.8. The van der Waals surface area contributed by atoms with Gasteiger partial charge in [0.1, 0.15) is 12.8 Å². The molecule has 3 atom stereocenters. The number of benzene rings is 1. The number of nitrogens with zero attached hydrogens (tertiary/aromatic N) is 2. The van der Waals surface area contributed by atoms with Crippen LogP contribution in [0.15, 0.2) is 55.6 Å². The number of carbonyl (C=O) groups excluding carboxylic acids is 2. The molecule has 0 spiro atoms. The topological polar surface area (TPSA) is 70.4 Å². The molecule has 5 nitrogen and oxygen atoms in total. The van der Waals surface area contributed by atoms with Crippen molar-refractivity contribution in [2.24, 2.45) is 17.8 Å². The average molecular weight is 397 g/mol. The molecule has 0 saturated heterocycles. The van der Waals surface area contributed by atoms with Gasteiger partial charge in [0.05, 0.1) is 12.7 Å². The Morgan fingerprint density at radius 3 is 2.45 bits per heavy atom. The molecule has 0 saturated carbocycles. The molecule has 1 aromatic rings. The molecule has 0 bridgehead atoms. The minimum absolute atomic E-state index is 0.0390. The van der Waals surface area contributed by atoms with Crippen molar-refractivity contribution in [1.82, 2.24) is 4.90 Å². The number of nitriles is 1. The van der Waals surface area contributed by atoms with Gasteiger partial charge in [-0.15, -0.1) is 13.2 Å². The molecule has 0 aliphatic heterocycles. The van der Waals surface area contributed by atoms with Gasteiger partial charge in [-0.25, -0.2) is 0 Å². The highest BCUT2D eigenvalue weighted by Crippen LogP contribution is 2.31. The molecule has 1 unspecified atom stereocenters. The highest BCUT2D eigenvalue weighted by Gasteiger charge is 2.29. The second-order valence-corrected chi connectivity index (χ2v) is 7.15. The van der Waals surface area contributed by atoms with Crippen molar-refractivity contribution in [3.05, 3.63) is 61.2 Å². The Bertz CT molecular complexity index is 654. The van der Waals surface area contributed by atoms with Crippen molar-refractivity contribution in [3.63, 3.8) is 0 Å². The van der Waals surface area contributed by atoms with Crippen LogP contribution in [0.1, 0.15) is 31.2 Å². The lowest BCUT2D eigenvalue weighted by atomic mass is 9.76. The van der Waals surface area contributed by atoms with Crippen molar-refractivity contribution in [3.8, 4) is 6.07 Å². The van der Waals surface area contributed by atoms with E-state index in [1.165, 1.54) is 4.90 Å². The quantitative estimate of drug-likeness (QED) is 0.172. The van der Waals surface area contributed by atoms with Crippen molar-refractivity contribution in [2.45, 2.75) is 32.3 Å². The van der Waals surface area contributed by atoms with Gasteiger partial charge in [0, 0.05) is 19.1 Å². The summed E-state index contributed by atoms with van der Waals surface area (Å²) in [6, 6.07) is 12.0. The van der Waals surface area contributed by atoms with E-state index in [0.29, 0.717) is 39.0 Å². The lowest BCUT2D eigenvalue weighted by molar-refractivity contribution is -0.118. The number of rotatable bonds is 17. The fraction of sp³-hybridized carbons (Fsp3) is 0.458. The molecule has 156 valence electrons. The van der Waals surface area contributed by atoms with E-state index in [1.807, 2.05) is 42.5 Å². The van der Waals surface area contributed by atoms with E-state index in [2.05, 4.69) is 13.2 Å². The van der Waals surface area contributed by atoms with Crippen LogP contribution in [0.25, 0.3) is 0 Å². The van der Waals surface area contributed by atoms with Gasteiger partial charge in [0.25, 0.3) is 0 Å². The van der Waals surface area contributed by atoms with Crippen molar-refractivity contribution >= 4 is 12.7 Å². The predicted octanol–water partition coefficient (Wildman–Crippen LogP) is 4.17. The summed E-state index contributed by atoms with van der Waals surface area (Å²) in [5, 5.41) is 8.93. The summed E-state index contributed by atoms with van der Waals surface area (Å²) < 4.78 is 5.79. The zero-order valence-electron chi connectivity index (χ0n) is 17.1. The van der Waals surface area contributed by atoms with Crippen LogP contribution < -0.4 is 0 Å². The lowest BCUT2D eigenvalue weighted by Gasteiger charge is -2.33. The summed E-state index contributed by atoms with van der Waals surface area (Å²) in [5.74, 6) is -0.0672. The zero-order valence-corrected chi connectivity index (χ0v) is 17.1. The number of amides is 1. The van der Waals surface area contributed by atoms with Gasteiger partial charge in [-0.3, -0.25) is 4.79 Å². The van der Waals surface area contributed by atoms with Crippen molar-refractivity contribution < 1.29 is 14.3 Å². The molecule has 0 fully saturated rings. The summed E-state index contributed by atoms with van der Waals surface area (Å²) in [4.78, 5) is 24.5. The molecular formula is C24H32N2O3. The summed E-state index contributed by atoms with van der Waals surface area (Å²) in [7, 11) is 0. The van der Waals surface area contributed by atoms with Crippen LogP contribution in [-0.4, -0.2) is 37.3 Å². The third-order valence-electron chi connectivity index (χ3n) is 5.07. The number of hydrogen-bond acceptors (Lipinski definition) is 4. The second-order valence-electron chi connectivity index (χ2n) is 7.15. The van der Waals surface area contributed by atoms with E-state index in [0.717, 1.165) is 24.7 Å². The van der Waals surface area contributed by atoms with E-state index in [9.17, 15) is 9.59 Å². The summed E-state index contributed by atoms with van der Waals surface area (Å²) >= 11 is 0. The van der Waals surface area contributed by atoms with E-state index >= 15 is 0 Å². The fourth-order valence-corrected chi connectivity index (χ4v) is 3.64. The van der Waals surface area contributed by atoms with Gasteiger partial charge in [-0.1, -0.05) is 42.5 Å². The summed E-state index contributed by atoms with van der Waals surface area (Å²) in [6.07, 6.45) is 8.13. The zero-order chi connectivity index (χ0) is 21.3. The first-order valence-corrected chi connectivity index (χ1v) is 10.0. The molecule has 0 aliphatic rings. The van der Waals surface area contributed by atoms with E-state index in [4.69, 9.17) is 10.00 Å². The minimum Gasteiger partial charge on any atom is -0.377 e. The highest BCUT2D eigenvalue weighted by atomic mass is 16.5. The molecular weight excluding hydrogens is 364 g/mol. The van der Waals surface area contributed by atoms with Gasteiger partial charge in [0.2, 0.25) is 6.41 Å². The Labute approximate surface area is 174 Å². The Hall–Kier alpha value is -2.71. The van der Waals surface area contributed by atoms with Crippen LogP contribution in [0.5, 0.6) is 0 Å². The standard InChI is InChI=1S/C24H32N2O3/c1-3-9-22(17-26(20-28)15-14-25)24(23(18-27)10-4-2)13-8-16-29-19-21-11-6-5-7-12-21/h3-7,11-12,18,20,22-24H,1-2,8-10,13,15-17,19H2/t22-,23?,24+/m1/s1.